The highest BCUT2D eigenvalue weighted by Gasteiger charge is 2.00. The van der Waals surface area contributed by atoms with Gasteiger partial charge in [-0.25, -0.2) is 15.1 Å². The van der Waals surface area contributed by atoms with Crippen molar-refractivity contribution >= 4 is 11.6 Å². The minimum atomic E-state index is -0.746. The molecule has 18 heavy (non-hydrogen) atoms. The van der Waals surface area contributed by atoms with E-state index >= 15 is 0 Å². The fraction of sp³-hybridized carbons (Fsp3) is 0.364. The molecule has 7 heteroatoms. The Morgan fingerprint density at radius 3 is 2.56 bits per heavy atom. The summed E-state index contributed by atoms with van der Waals surface area (Å²) in [5, 5.41) is 9.39. The lowest BCUT2D eigenvalue weighted by Gasteiger charge is -2.08. The van der Waals surface area contributed by atoms with E-state index in [0.717, 1.165) is 13.0 Å². The van der Waals surface area contributed by atoms with Crippen LogP contribution in [0, 0.1) is 10.1 Å². The molecule has 7 nitrogen and oxygen atoms in total. The highest BCUT2D eigenvalue weighted by molar-refractivity contribution is 5.79. The van der Waals surface area contributed by atoms with Crippen molar-refractivity contribution in [3.05, 3.63) is 39.9 Å². The molecule has 1 aromatic rings. The second-order valence-electron chi connectivity index (χ2n) is 4.09. The number of nitro groups is 1. The van der Waals surface area contributed by atoms with Gasteiger partial charge < -0.3 is 10.6 Å². The Kier molecular flexibility index (Phi) is 5.06. The van der Waals surface area contributed by atoms with E-state index in [1.165, 1.54) is 5.56 Å². The predicted octanol–water partition coefficient (Wildman–Crippen LogP) is 0.518. The molecule has 0 bridgehead atoms. The third kappa shape index (κ3) is 5.26. The van der Waals surface area contributed by atoms with Crippen molar-refractivity contribution in [1.29, 1.82) is 0 Å². The minimum Gasteiger partial charge on any atom is -0.365 e. The van der Waals surface area contributed by atoms with Crippen molar-refractivity contribution < 1.29 is 5.03 Å². The summed E-state index contributed by atoms with van der Waals surface area (Å²) in [4.78, 5) is 16.1. The first-order valence-corrected chi connectivity index (χ1v) is 5.46. The van der Waals surface area contributed by atoms with Crippen molar-refractivity contribution in [1.82, 2.24) is 10.3 Å². The zero-order valence-electron chi connectivity index (χ0n) is 10.5. The van der Waals surface area contributed by atoms with Crippen LogP contribution in [-0.2, 0) is 6.42 Å². The van der Waals surface area contributed by atoms with Gasteiger partial charge in [-0.15, -0.1) is 0 Å². The van der Waals surface area contributed by atoms with Crippen LogP contribution in [0.5, 0.6) is 0 Å². The summed E-state index contributed by atoms with van der Waals surface area (Å²) in [6.45, 7) is 0.966. The molecular formula is C11H17N5O2. The Morgan fingerprint density at radius 2 is 2.06 bits per heavy atom. The summed E-state index contributed by atoms with van der Waals surface area (Å²) in [5.41, 5.74) is 8.89. The van der Waals surface area contributed by atoms with Gasteiger partial charge in [0.25, 0.3) is 5.96 Å². The van der Waals surface area contributed by atoms with Gasteiger partial charge in [-0.05, 0) is 38.2 Å². The molecule has 0 fully saturated rings. The molecule has 0 saturated carbocycles. The fourth-order valence-corrected chi connectivity index (χ4v) is 1.35. The Labute approximate surface area is 105 Å². The molecule has 0 saturated heterocycles. The fourth-order valence-electron chi connectivity index (χ4n) is 1.35. The average molecular weight is 251 g/mol. The highest BCUT2D eigenvalue weighted by Crippen LogP contribution is 2.13. The number of nitrogens with one attached hydrogen (secondary N) is 1. The normalized spacial score (nSPS) is 11.6. The first-order valence-electron chi connectivity index (χ1n) is 5.46. The number of hydrazine groups is 1. The Bertz CT molecular complexity index is 428. The Hall–Kier alpha value is -2.15. The van der Waals surface area contributed by atoms with Gasteiger partial charge >= 0.3 is 0 Å². The van der Waals surface area contributed by atoms with Gasteiger partial charge in [0, 0.05) is 6.54 Å². The highest BCUT2D eigenvalue weighted by atomic mass is 16.7. The first-order chi connectivity index (χ1) is 8.47. The van der Waals surface area contributed by atoms with Gasteiger partial charge in [-0.1, -0.05) is 17.6 Å². The number of hydrogen-bond acceptors (Lipinski definition) is 4. The van der Waals surface area contributed by atoms with Crippen LogP contribution in [0.1, 0.15) is 5.56 Å². The molecule has 1 aromatic carbocycles. The molecule has 98 valence electrons. The zero-order valence-corrected chi connectivity index (χ0v) is 10.5. The smallest absolute Gasteiger partial charge is 0.256 e. The summed E-state index contributed by atoms with van der Waals surface area (Å²) in [6.07, 6.45) is 0.944. The van der Waals surface area contributed by atoms with E-state index in [1.54, 1.807) is 17.6 Å². The van der Waals surface area contributed by atoms with Gasteiger partial charge in [0.15, 0.2) is 5.03 Å². The van der Waals surface area contributed by atoms with Crippen LogP contribution in [0.4, 0.5) is 5.69 Å². The summed E-state index contributed by atoms with van der Waals surface area (Å²) >= 11 is 0. The number of likely N-dealkylation sites (N-methyl/N-ethyl adjacent to an activating group) is 1. The molecule has 0 unspecified atom stereocenters. The lowest BCUT2D eigenvalue weighted by molar-refractivity contribution is -0.525. The largest absolute Gasteiger partial charge is 0.365 e. The quantitative estimate of drug-likeness (QED) is 0.344. The molecule has 0 aliphatic heterocycles. The molecule has 0 spiro atoms. The van der Waals surface area contributed by atoms with Crippen LogP contribution in [0.15, 0.2) is 29.3 Å². The lowest BCUT2D eigenvalue weighted by Crippen LogP contribution is -2.35. The number of benzene rings is 1. The zero-order chi connectivity index (χ0) is 13.5. The van der Waals surface area contributed by atoms with Crippen molar-refractivity contribution in [2.45, 2.75) is 6.42 Å². The van der Waals surface area contributed by atoms with E-state index in [0.29, 0.717) is 5.69 Å². The molecule has 3 N–H and O–H groups in total. The molecule has 1 rings (SSSR count). The summed E-state index contributed by atoms with van der Waals surface area (Å²) in [5.74, 6) is -0.235. The standard InChI is InChI=1S/C11H17N5O2/c1-15(2)8-7-9-3-5-10(6-4-9)13-11(12)14-16(17)18/h3-6H,7-8H2,1-2H3,(H3,12,13,14). The second-order valence-corrected chi connectivity index (χ2v) is 4.09. The van der Waals surface area contributed by atoms with Crippen LogP contribution in [-0.4, -0.2) is 36.5 Å². The predicted molar refractivity (Wildman–Crippen MR) is 70.1 cm³/mol. The van der Waals surface area contributed by atoms with E-state index in [4.69, 9.17) is 5.73 Å². The molecule has 0 atom stereocenters. The molecule has 0 aromatic heterocycles. The van der Waals surface area contributed by atoms with Crippen LogP contribution < -0.4 is 11.2 Å². The summed E-state index contributed by atoms with van der Waals surface area (Å²) < 4.78 is 0. The van der Waals surface area contributed by atoms with Crippen LogP contribution >= 0.6 is 0 Å². The monoisotopic (exact) mass is 251 g/mol. The summed E-state index contributed by atoms with van der Waals surface area (Å²) in [6, 6.07) is 7.42. The molecule has 0 aliphatic carbocycles. The SMILES string of the molecule is CN(C)CCc1ccc(N=C(N)N[N+](=O)[O-])cc1. The van der Waals surface area contributed by atoms with Crippen molar-refractivity contribution in [2.75, 3.05) is 20.6 Å². The van der Waals surface area contributed by atoms with Gasteiger partial charge in [0.05, 0.1) is 5.69 Å². The van der Waals surface area contributed by atoms with Crippen molar-refractivity contribution in [2.24, 2.45) is 10.7 Å². The van der Waals surface area contributed by atoms with Crippen molar-refractivity contribution in [3.63, 3.8) is 0 Å². The average Bonchev–Trinajstić information content (AvgIpc) is 2.26. The van der Waals surface area contributed by atoms with Gasteiger partial charge in [0.1, 0.15) is 0 Å². The maximum Gasteiger partial charge on any atom is 0.256 e. The van der Waals surface area contributed by atoms with Crippen LogP contribution in [0.3, 0.4) is 0 Å². The third-order valence-electron chi connectivity index (χ3n) is 2.24. The van der Waals surface area contributed by atoms with Gasteiger partial charge in [-0.2, -0.15) is 0 Å². The first kappa shape index (κ1) is 13.9. The number of guanidine groups is 1. The molecule has 0 aliphatic rings. The topological polar surface area (TPSA) is 96.8 Å². The third-order valence-corrected chi connectivity index (χ3v) is 2.24. The van der Waals surface area contributed by atoms with E-state index in [9.17, 15) is 10.1 Å². The van der Waals surface area contributed by atoms with E-state index in [-0.39, 0.29) is 5.96 Å². The Balaban J connectivity index is 2.62. The molecule has 0 radical (unpaired) electrons. The van der Waals surface area contributed by atoms with E-state index in [2.05, 4.69) is 9.89 Å². The molecule has 0 amide bonds. The van der Waals surface area contributed by atoms with Gasteiger partial charge in [0.2, 0.25) is 0 Å². The molecular weight excluding hydrogens is 234 g/mol. The number of aliphatic imine (C=N–C) groups is 1. The summed E-state index contributed by atoms with van der Waals surface area (Å²) in [7, 11) is 4.03. The molecule has 0 heterocycles. The maximum atomic E-state index is 10.1. The van der Waals surface area contributed by atoms with E-state index in [1.807, 2.05) is 26.2 Å². The van der Waals surface area contributed by atoms with E-state index < -0.39 is 5.03 Å². The van der Waals surface area contributed by atoms with Gasteiger partial charge in [-0.3, -0.25) is 0 Å². The lowest BCUT2D eigenvalue weighted by atomic mass is 10.1. The van der Waals surface area contributed by atoms with Crippen molar-refractivity contribution in [3.8, 4) is 0 Å². The second kappa shape index (κ2) is 6.55. The number of nitrogens with two attached hydrogens (primary N) is 1. The van der Waals surface area contributed by atoms with Crippen LogP contribution in [0.2, 0.25) is 0 Å². The number of rotatable bonds is 5. The Morgan fingerprint density at radius 1 is 1.44 bits per heavy atom. The minimum absolute atomic E-state index is 0.235. The maximum absolute atomic E-state index is 10.1. The number of hydrogen-bond donors (Lipinski definition) is 2. The number of nitrogens with zero attached hydrogens (tertiary/aromatic N) is 3. The van der Waals surface area contributed by atoms with Crippen LogP contribution in [0.25, 0.3) is 0 Å².